The molecule has 1 aliphatic carbocycles. The highest BCUT2D eigenvalue weighted by Crippen LogP contribution is 2.19. The number of hydrogen-bond donors (Lipinski definition) is 3. The maximum atomic E-state index is 11.5. The predicted molar refractivity (Wildman–Crippen MR) is 67.0 cm³/mol. The Morgan fingerprint density at radius 2 is 2.19 bits per heavy atom. The summed E-state index contributed by atoms with van der Waals surface area (Å²) in [6.07, 6.45) is 0.500. The Bertz CT molecular complexity index is 239. The summed E-state index contributed by atoms with van der Waals surface area (Å²) in [4.78, 5) is 11.5. The minimum atomic E-state index is -0.725. The molecule has 0 aliphatic heterocycles. The van der Waals surface area contributed by atoms with E-state index in [0.717, 1.165) is 0 Å². The molecule has 94 valence electrons. The van der Waals surface area contributed by atoms with Crippen molar-refractivity contribution in [2.24, 2.45) is 0 Å². The van der Waals surface area contributed by atoms with E-state index < -0.39 is 12.2 Å². The molecule has 0 bridgehead atoms. The largest absolute Gasteiger partial charge is 0.390 e. The molecule has 1 fully saturated rings. The van der Waals surface area contributed by atoms with Crippen LogP contribution in [0, 0.1) is 0 Å². The van der Waals surface area contributed by atoms with Crippen molar-refractivity contribution in [2.75, 3.05) is 0 Å². The van der Waals surface area contributed by atoms with Crippen molar-refractivity contribution in [3.63, 3.8) is 0 Å². The van der Waals surface area contributed by atoms with Crippen LogP contribution in [0.4, 0.5) is 0 Å². The van der Waals surface area contributed by atoms with Crippen molar-refractivity contribution in [2.45, 2.75) is 57.0 Å². The van der Waals surface area contributed by atoms with E-state index in [2.05, 4.69) is 5.32 Å². The average molecular weight is 343 g/mol. The van der Waals surface area contributed by atoms with Gasteiger partial charge in [0.25, 0.3) is 0 Å². The minimum absolute atomic E-state index is 0.0349. The van der Waals surface area contributed by atoms with E-state index in [4.69, 9.17) is 3.07 Å². The first-order chi connectivity index (χ1) is 7.52. The molecule has 0 heterocycles. The summed E-state index contributed by atoms with van der Waals surface area (Å²) in [7, 11) is 0. The number of carbonyl (C=O) groups is 1. The SMILES string of the molecule is C[C@@H](CC(=O)NC1CCC(O)C(O)C1)OI. The Morgan fingerprint density at radius 1 is 1.50 bits per heavy atom. The maximum absolute atomic E-state index is 11.5. The van der Waals surface area contributed by atoms with Gasteiger partial charge in [-0.05, 0) is 26.2 Å². The quantitative estimate of drug-likeness (QED) is 0.651. The van der Waals surface area contributed by atoms with Crippen LogP contribution < -0.4 is 5.32 Å². The second-order valence-electron chi connectivity index (χ2n) is 4.32. The molecule has 3 N–H and O–H groups in total. The summed E-state index contributed by atoms with van der Waals surface area (Å²) in [5.41, 5.74) is 0. The first-order valence-corrected chi connectivity index (χ1v) is 6.34. The summed E-state index contributed by atoms with van der Waals surface area (Å²) < 4.78 is 4.97. The third-order valence-electron chi connectivity index (χ3n) is 2.77. The molecule has 0 radical (unpaired) electrons. The van der Waals surface area contributed by atoms with E-state index in [9.17, 15) is 15.0 Å². The molecule has 6 heteroatoms. The van der Waals surface area contributed by atoms with Gasteiger partial charge in [0, 0.05) is 6.04 Å². The standard InChI is InChI=1S/C10H18INO4/c1-6(16-11)4-10(15)12-7-2-3-8(13)9(14)5-7/h6-9,13-14H,2-5H2,1H3,(H,12,15)/t6-,7?,8?,9?/m0/s1. The Balaban J connectivity index is 2.29. The van der Waals surface area contributed by atoms with Crippen molar-refractivity contribution in [1.82, 2.24) is 5.32 Å². The van der Waals surface area contributed by atoms with Gasteiger partial charge < -0.3 is 18.6 Å². The fourth-order valence-corrected chi connectivity index (χ4v) is 2.02. The highest BCUT2D eigenvalue weighted by Gasteiger charge is 2.28. The number of carbonyl (C=O) groups excluding carboxylic acids is 1. The molecule has 0 aromatic rings. The van der Waals surface area contributed by atoms with Crippen LogP contribution in [0.15, 0.2) is 0 Å². The average Bonchev–Trinajstić information content (AvgIpc) is 2.23. The predicted octanol–water partition coefficient (Wildman–Crippen LogP) is 0.522. The molecular formula is C10H18INO4. The van der Waals surface area contributed by atoms with E-state index >= 15 is 0 Å². The van der Waals surface area contributed by atoms with Crippen LogP contribution in [-0.4, -0.2) is 40.5 Å². The number of halogens is 1. The first kappa shape index (κ1) is 14.1. The summed E-state index contributed by atoms with van der Waals surface area (Å²) in [6, 6.07) is -0.0349. The van der Waals surface area contributed by atoms with Gasteiger partial charge in [-0.1, -0.05) is 0 Å². The normalized spacial score (nSPS) is 32.1. The lowest BCUT2D eigenvalue weighted by Crippen LogP contribution is -2.45. The van der Waals surface area contributed by atoms with Crippen molar-refractivity contribution in [3.8, 4) is 0 Å². The molecule has 1 aliphatic rings. The van der Waals surface area contributed by atoms with E-state index in [-0.39, 0.29) is 18.1 Å². The van der Waals surface area contributed by atoms with Gasteiger partial charge in [0.15, 0.2) is 0 Å². The lowest BCUT2D eigenvalue weighted by atomic mass is 9.90. The Hall–Kier alpha value is 0.0800. The zero-order valence-corrected chi connectivity index (χ0v) is 11.4. The zero-order chi connectivity index (χ0) is 12.1. The third-order valence-corrected chi connectivity index (χ3v) is 3.64. The topological polar surface area (TPSA) is 78.8 Å². The van der Waals surface area contributed by atoms with Crippen LogP contribution in [0.5, 0.6) is 0 Å². The second-order valence-corrected chi connectivity index (χ2v) is 4.82. The highest BCUT2D eigenvalue weighted by atomic mass is 127. The van der Waals surface area contributed by atoms with Gasteiger partial charge in [-0.3, -0.25) is 4.79 Å². The molecule has 0 aromatic heterocycles. The number of rotatable bonds is 4. The molecule has 0 spiro atoms. The zero-order valence-electron chi connectivity index (χ0n) is 9.23. The Labute approximate surface area is 109 Å². The molecule has 1 saturated carbocycles. The van der Waals surface area contributed by atoms with Crippen molar-refractivity contribution >= 4 is 28.9 Å². The van der Waals surface area contributed by atoms with Crippen molar-refractivity contribution in [3.05, 3.63) is 0 Å². The Morgan fingerprint density at radius 3 is 2.75 bits per heavy atom. The number of hydrogen-bond acceptors (Lipinski definition) is 4. The van der Waals surface area contributed by atoms with Crippen LogP contribution in [0.2, 0.25) is 0 Å². The van der Waals surface area contributed by atoms with Gasteiger partial charge in [-0.2, -0.15) is 0 Å². The molecule has 3 unspecified atom stereocenters. The number of aliphatic hydroxyl groups excluding tert-OH is 2. The lowest BCUT2D eigenvalue weighted by molar-refractivity contribution is -0.123. The van der Waals surface area contributed by atoms with Crippen LogP contribution in [0.1, 0.15) is 32.6 Å². The molecule has 16 heavy (non-hydrogen) atoms. The fraction of sp³-hybridized carbons (Fsp3) is 0.900. The van der Waals surface area contributed by atoms with Gasteiger partial charge in [0.2, 0.25) is 5.91 Å². The molecule has 5 nitrogen and oxygen atoms in total. The van der Waals surface area contributed by atoms with E-state index in [1.165, 1.54) is 0 Å². The van der Waals surface area contributed by atoms with Crippen molar-refractivity contribution < 1.29 is 18.1 Å². The van der Waals surface area contributed by atoms with E-state index in [0.29, 0.717) is 25.7 Å². The molecule has 1 rings (SSSR count). The van der Waals surface area contributed by atoms with Crippen LogP contribution in [-0.2, 0) is 7.86 Å². The summed E-state index contributed by atoms with van der Waals surface area (Å²) >= 11 is 1.77. The van der Waals surface area contributed by atoms with Crippen LogP contribution in [0.3, 0.4) is 0 Å². The van der Waals surface area contributed by atoms with Crippen molar-refractivity contribution in [1.29, 1.82) is 0 Å². The smallest absolute Gasteiger partial charge is 0.222 e. The van der Waals surface area contributed by atoms with Gasteiger partial charge in [0.05, 0.1) is 24.7 Å². The molecule has 1 amide bonds. The van der Waals surface area contributed by atoms with Gasteiger partial charge >= 0.3 is 0 Å². The summed E-state index contributed by atoms with van der Waals surface area (Å²) in [5.74, 6) is -0.0715. The third kappa shape index (κ3) is 4.52. The van der Waals surface area contributed by atoms with Gasteiger partial charge in [-0.15, -0.1) is 0 Å². The van der Waals surface area contributed by atoms with E-state index in [1.807, 2.05) is 6.92 Å². The van der Waals surface area contributed by atoms with Gasteiger partial charge in [-0.25, -0.2) is 0 Å². The monoisotopic (exact) mass is 343 g/mol. The van der Waals surface area contributed by atoms with Crippen LogP contribution >= 0.6 is 23.0 Å². The first-order valence-electron chi connectivity index (χ1n) is 5.45. The lowest BCUT2D eigenvalue weighted by Gasteiger charge is -2.30. The maximum Gasteiger partial charge on any atom is 0.222 e. The second kappa shape index (κ2) is 6.73. The number of aliphatic hydroxyl groups is 2. The molecule has 4 atom stereocenters. The fourth-order valence-electron chi connectivity index (χ4n) is 1.84. The minimum Gasteiger partial charge on any atom is -0.390 e. The van der Waals surface area contributed by atoms with E-state index in [1.54, 1.807) is 23.0 Å². The molecular weight excluding hydrogens is 325 g/mol. The number of nitrogens with one attached hydrogen (secondary N) is 1. The summed E-state index contributed by atoms with van der Waals surface area (Å²) in [6.45, 7) is 1.82. The van der Waals surface area contributed by atoms with Crippen LogP contribution in [0.25, 0.3) is 0 Å². The number of amides is 1. The Kier molecular flexibility index (Phi) is 5.95. The highest BCUT2D eigenvalue weighted by molar-refractivity contribution is 14.1. The summed E-state index contributed by atoms with van der Waals surface area (Å²) in [5, 5.41) is 21.6. The van der Waals surface area contributed by atoms with Gasteiger partial charge in [0.1, 0.15) is 23.0 Å². The molecule has 0 saturated heterocycles. The molecule has 0 aromatic carbocycles.